The van der Waals surface area contributed by atoms with Gasteiger partial charge in [0.05, 0.1) is 11.8 Å². The lowest BCUT2D eigenvalue weighted by molar-refractivity contribution is 0.160. The Labute approximate surface area is 94.7 Å². The van der Waals surface area contributed by atoms with Gasteiger partial charge in [-0.1, -0.05) is 31.5 Å². The summed E-state index contributed by atoms with van der Waals surface area (Å²) >= 11 is 4.46. The summed E-state index contributed by atoms with van der Waals surface area (Å²) in [4.78, 5) is 4.09. The van der Waals surface area contributed by atoms with Gasteiger partial charge in [-0.05, 0) is 12.5 Å². The van der Waals surface area contributed by atoms with Crippen LogP contribution in [0.4, 0.5) is 0 Å². The summed E-state index contributed by atoms with van der Waals surface area (Å²) in [5, 5.41) is 11.0. The number of aliphatic hydroxyl groups excluding tert-OH is 1. The van der Waals surface area contributed by atoms with E-state index in [4.69, 9.17) is 0 Å². The molecule has 15 heavy (non-hydrogen) atoms. The first-order chi connectivity index (χ1) is 7.24. The molecule has 0 fully saturated rings. The van der Waals surface area contributed by atoms with E-state index in [1.54, 1.807) is 0 Å². The minimum Gasteiger partial charge on any atom is -0.387 e. The summed E-state index contributed by atoms with van der Waals surface area (Å²) < 4.78 is 0. The first-order valence-corrected chi connectivity index (χ1v) is 5.66. The van der Waals surface area contributed by atoms with Crippen molar-refractivity contribution in [3.63, 3.8) is 0 Å². The van der Waals surface area contributed by atoms with Crippen molar-refractivity contribution in [2.45, 2.75) is 30.8 Å². The van der Waals surface area contributed by atoms with E-state index in [0.29, 0.717) is 0 Å². The standard InChI is InChI=1S/C12H15NOS/c1-2-5-10(14)11-12(15)8-6-3-4-7-9(8)13-11/h3-4,6-7,10,13-15H,2,5H2,1H3. The van der Waals surface area contributed by atoms with Gasteiger partial charge in [0.25, 0.3) is 0 Å². The molecule has 1 heterocycles. The molecule has 0 aliphatic heterocycles. The zero-order valence-electron chi connectivity index (χ0n) is 8.70. The molecule has 2 rings (SSSR count). The molecular weight excluding hydrogens is 206 g/mol. The molecule has 2 N–H and O–H groups in total. The molecule has 3 heteroatoms. The molecule has 0 aliphatic rings. The third kappa shape index (κ3) is 1.90. The van der Waals surface area contributed by atoms with Gasteiger partial charge in [0, 0.05) is 15.8 Å². The number of aliphatic hydroxyl groups is 1. The Morgan fingerprint density at radius 1 is 1.40 bits per heavy atom. The Kier molecular flexibility index (Phi) is 3.03. The van der Waals surface area contributed by atoms with Crippen molar-refractivity contribution in [3.8, 4) is 0 Å². The Balaban J connectivity index is 2.48. The van der Waals surface area contributed by atoms with Crippen LogP contribution in [-0.4, -0.2) is 10.1 Å². The van der Waals surface area contributed by atoms with Gasteiger partial charge in [-0.25, -0.2) is 0 Å². The van der Waals surface area contributed by atoms with Crippen molar-refractivity contribution in [2.75, 3.05) is 0 Å². The van der Waals surface area contributed by atoms with Gasteiger partial charge in [-0.2, -0.15) is 0 Å². The molecule has 0 saturated carbocycles. The maximum absolute atomic E-state index is 9.92. The van der Waals surface area contributed by atoms with Crippen LogP contribution < -0.4 is 0 Å². The lowest BCUT2D eigenvalue weighted by Gasteiger charge is -2.07. The summed E-state index contributed by atoms with van der Waals surface area (Å²) in [5.41, 5.74) is 1.87. The number of H-pyrrole nitrogens is 1. The largest absolute Gasteiger partial charge is 0.387 e. The molecule has 1 unspecified atom stereocenters. The van der Waals surface area contributed by atoms with Crippen LogP contribution in [0.3, 0.4) is 0 Å². The molecule has 0 aliphatic carbocycles. The average molecular weight is 221 g/mol. The molecule has 0 spiro atoms. The van der Waals surface area contributed by atoms with Gasteiger partial charge >= 0.3 is 0 Å². The van der Waals surface area contributed by atoms with E-state index in [1.165, 1.54) is 0 Å². The molecule has 1 aromatic carbocycles. The van der Waals surface area contributed by atoms with Crippen molar-refractivity contribution in [2.24, 2.45) is 0 Å². The topological polar surface area (TPSA) is 36.0 Å². The molecule has 0 radical (unpaired) electrons. The van der Waals surface area contributed by atoms with Crippen molar-refractivity contribution in [1.29, 1.82) is 0 Å². The highest BCUT2D eigenvalue weighted by atomic mass is 32.1. The van der Waals surface area contributed by atoms with Crippen molar-refractivity contribution in [3.05, 3.63) is 30.0 Å². The maximum atomic E-state index is 9.92. The van der Waals surface area contributed by atoms with Crippen LogP contribution in [0.2, 0.25) is 0 Å². The zero-order chi connectivity index (χ0) is 10.8. The molecule has 80 valence electrons. The lowest BCUT2D eigenvalue weighted by Crippen LogP contribution is -1.97. The SMILES string of the molecule is CCCC(O)c1[nH]c2ccccc2c1S. The molecule has 0 bridgehead atoms. The number of aromatic amines is 1. The fourth-order valence-corrected chi connectivity index (χ4v) is 2.21. The van der Waals surface area contributed by atoms with Crippen LogP contribution in [0.5, 0.6) is 0 Å². The van der Waals surface area contributed by atoms with Crippen LogP contribution >= 0.6 is 12.6 Å². The highest BCUT2D eigenvalue weighted by Gasteiger charge is 2.14. The predicted molar refractivity (Wildman–Crippen MR) is 65.4 cm³/mol. The first kappa shape index (κ1) is 10.6. The van der Waals surface area contributed by atoms with E-state index in [2.05, 4.69) is 24.5 Å². The van der Waals surface area contributed by atoms with Crippen molar-refractivity contribution >= 4 is 23.5 Å². The van der Waals surface area contributed by atoms with E-state index < -0.39 is 6.10 Å². The number of para-hydroxylation sites is 1. The monoisotopic (exact) mass is 221 g/mol. The average Bonchev–Trinajstić information content (AvgIpc) is 2.57. The van der Waals surface area contributed by atoms with Crippen LogP contribution in [0.15, 0.2) is 29.2 Å². The Hall–Kier alpha value is -0.930. The Bertz CT molecular complexity index is 464. The second-order valence-corrected chi connectivity index (χ2v) is 4.18. The van der Waals surface area contributed by atoms with Gasteiger partial charge in [-0.15, -0.1) is 12.6 Å². The predicted octanol–water partition coefficient (Wildman–Crippen LogP) is 3.29. The van der Waals surface area contributed by atoms with E-state index in [9.17, 15) is 5.11 Å². The van der Waals surface area contributed by atoms with Crippen LogP contribution in [0, 0.1) is 0 Å². The van der Waals surface area contributed by atoms with Gasteiger partial charge in [0.2, 0.25) is 0 Å². The highest BCUT2D eigenvalue weighted by Crippen LogP contribution is 2.31. The Morgan fingerprint density at radius 2 is 2.13 bits per heavy atom. The molecule has 1 aromatic heterocycles. The minimum absolute atomic E-state index is 0.435. The molecule has 2 aromatic rings. The molecule has 1 atom stereocenters. The second kappa shape index (κ2) is 4.29. The van der Waals surface area contributed by atoms with Gasteiger partial charge in [0.15, 0.2) is 0 Å². The first-order valence-electron chi connectivity index (χ1n) is 5.21. The van der Waals surface area contributed by atoms with Crippen LogP contribution in [0.25, 0.3) is 10.9 Å². The highest BCUT2D eigenvalue weighted by molar-refractivity contribution is 7.80. The van der Waals surface area contributed by atoms with E-state index in [-0.39, 0.29) is 0 Å². The van der Waals surface area contributed by atoms with Gasteiger partial charge in [0.1, 0.15) is 0 Å². The molecule has 2 nitrogen and oxygen atoms in total. The minimum atomic E-state index is -0.435. The summed E-state index contributed by atoms with van der Waals surface area (Å²) in [6.07, 6.45) is 1.29. The Morgan fingerprint density at radius 3 is 2.80 bits per heavy atom. The zero-order valence-corrected chi connectivity index (χ0v) is 9.59. The summed E-state index contributed by atoms with van der Waals surface area (Å²) in [6.45, 7) is 2.06. The third-order valence-corrected chi connectivity index (χ3v) is 3.08. The number of benzene rings is 1. The molecular formula is C12H15NOS. The number of thiol groups is 1. The fourth-order valence-electron chi connectivity index (χ4n) is 1.81. The smallest absolute Gasteiger partial charge is 0.0949 e. The van der Waals surface area contributed by atoms with Gasteiger partial charge in [-0.3, -0.25) is 0 Å². The summed E-state index contributed by atoms with van der Waals surface area (Å²) in [5.74, 6) is 0. The second-order valence-electron chi connectivity index (χ2n) is 3.74. The van der Waals surface area contributed by atoms with E-state index in [0.717, 1.165) is 34.3 Å². The number of hydrogen-bond acceptors (Lipinski definition) is 2. The number of nitrogens with one attached hydrogen (secondary N) is 1. The van der Waals surface area contributed by atoms with Crippen molar-refractivity contribution < 1.29 is 5.11 Å². The molecule has 0 saturated heterocycles. The van der Waals surface area contributed by atoms with Crippen LogP contribution in [0.1, 0.15) is 31.6 Å². The fraction of sp³-hybridized carbons (Fsp3) is 0.333. The molecule has 0 amide bonds. The number of aromatic nitrogens is 1. The number of rotatable bonds is 3. The normalized spacial score (nSPS) is 13.3. The maximum Gasteiger partial charge on any atom is 0.0949 e. The van der Waals surface area contributed by atoms with Crippen molar-refractivity contribution in [1.82, 2.24) is 4.98 Å². The van der Waals surface area contributed by atoms with E-state index >= 15 is 0 Å². The number of fused-ring (bicyclic) bond motifs is 1. The van der Waals surface area contributed by atoms with E-state index in [1.807, 2.05) is 24.3 Å². The lowest BCUT2D eigenvalue weighted by atomic mass is 10.1. The summed E-state index contributed by atoms with van der Waals surface area (Å²) in [7, 11) is 0. The number of hydrogen-bond donors (Lipinski definition) is 3. The van der Waals surface area contributed by atoms with Gasteiger partial charge < -0.3 is 10.1 Å². The quantitative estimate of drug-likeness (QED) is 0.683. The summed E-state index contributed by atoms with van der Waals surface area (Å²) in [6, 6.07) is 7.96. The third-order valence-electron chi connectivity index (χ3n) is 2.60. The van der Waals surface area contributed by atoms with Crippen LogP contribution in [-0.2, 0) is 0 Å².